The van der Waals surface area contributed by atoms with Crippen LogP contribution in [0.2, 0.25) is 0 Å². The van der Waals surface area contributed by atoms with Gasteiger partial charge in [0.25, 0.3) is 0 Å². The summed E-state index contributed by atoms with van der Waals surface area (Å²) in [6, 6.07) is 0.820. The van der Waals surface area contributed by atoms with Gasteiger partial charge in [-0.1, -0.05) is 43.8 Å². The molecular formula is C34H53N3O3. The van der Waals surface area contributed by atoms with Gasteiger partial charge in [-0.15, -0.1) is 0 Å². The summed E-state index contributed by atoms with van der Waals surface area (Å²) >= 11 is 0. The van der Waals surface area contributed by atoms with Gasteiger partial charge in [0.05, 0.1) is 5.71 Å². The first-order chi connectivity index (χ1) is 19.3. The molecule has 1 unspecified atom stereocenters. The summed E-state index contributed by atoms with van der Waals surface area (Å²) in [4.78, 5) is 33.4. The van der Waals surface area contributed by atoms with Crippen LogP contribution in [0, 0.1) is 34.5 Å². The molecule has 40 heavy (non-hydrogen) atoms. The Morgan fingerprint density at radius 2 is 1.80 bits per heavy atom. The number of piperidine rings is 1. The average molecular weight is 552 g/mol. The van der Waals surface area contributed by atoms with E-state index in [1.165, 1.54) is 63.4 Å². The van der Waals surface area contributed by atoms with Gasteiger partial charge >= 0.3 is 6.09 Å². The van der Waals surface area contributed by atoms with Crippen molar-refractivity contribution >= 4 is 17.6 Å². The zero-order chi connectivity index (χ0) is 27.9. The molecule has 1 N–H and O–H groups in total. The van der Waals surface area contributed by atoms with E-state index >= 15 is 0 Å². The van der Waals surface area contributed by atoms with Crippen LogP contribution in [-0.4, -0.2) is 47.7 Å². The Morgan fingerprint density at radius 3 is 2.58 bits per heavy atom. The molecule has 0 radical (unpaired) electrons. The topological polar surface area (TPSA) is 71.0 Å². The van der Waals surface area contributed by atoms with Gasteiger partial charge in [-0.3, -0.25) is 9.63 Å². The molecule has 4 saturated carbocycles. The number of hydrogen-bond donors (Lipinski definition) is 1. The van der Waals surface area contributed by atoms with Crippen LogP contribution in [0.25, 0.3) is 0 Å². The van der Waals surface area contributed by atoms with E-state index in [-0.39, 0.29) is 16.9 Å². The summed E-state index contributed by atoms with van der Waals surface area (Å²) in [5.41, 5.74) is 2.90. The van der Waals surface area contributed by atoms with Gasteiger partial charge in [0.2, 0.25) is 0 Å². The maximum absolute atomic E-state index is 13.4. The molecule has 1 saturated heterocycles. The Balaban J connectivity index is 1.11. The highest BCUT2D eigenvalue weighted by atomic mass is 16.7. The molecule has 6 heteroatoms. The van der Waals surface area contributed by atoms with E-state index in [4.69, 9.17) is 4.84 Å². The molecule has 222 valence electrons. The average Bonchev–Trinajstić information content (AvgIpc) is 3.61. The lowest BCUT2D eigenvalue weighted by atomic mass is 9.46. The fraction of sp³-hybridized carbons (Fsp3) is 0.853. The van der Waals surface area contributed by atoms with Crippen LogP contribution in [0.5, 0.6) is 0 Å². The molecule has 1 amide bonds. The van der Waals surface area contributed by atoms with Crippen LogP contribution in [0.4, 0.5) is 4.79 Å². The van der Waals surface area contributed by atoms with Crippen LogP contribution in [0.1, 0.15) is 124 Å². The minimum atomic E-state index is -0.239. The quantitative estimate of drug-likeness (QED) is 0.212. The number of amides is 1. The second kappa shape index (κ2) is 11.5. The molecule has 6 rings (SSSR count). The van der Waals surface area contributed by atoms with Crippen LogP contribution >= 0.6 is 0 Å². The lowest BCUT2D eigenvalue weighted by Crippen LogP contribution is -2.51. The van der Waals surface area contributed by atoms with Crippen molar-refractivity contribution in [1.82, 2.24) is 10.2 Å². The number of carbonyl (C=O) groups is 2. The summed E-state index contributed by atoms with van der Waals surface area (Å²) in [5, 5.41) is 8.22. The van der Waals surface area contributed by atoms with Gasteiger partial charge < -0.3 is 10.2 Å². The Labute approximate surface area is 242 Å². The van der Waals surface area contributed by atoms with Crippen molar-refractivity contribution in [3.8, 4) is 0 Å². The van der Waals surface area contributed by atoms with Gasteiger partial charge in [0, 0.05) is 31.0 Å². The van der Waals surface area contributed by atoms with Crippen LogP contribution in [-0.2, 0) is 9.63 Å². The van der Waals surface area contributed by atoms with E-state index in [0.29, 0.717) is 35.6 Å². The van der Waals surface area contributed by atoms with Crippen molar-refractivity contribution in [2.75, 3.05) is 13.1 Å². The summed E-state index contributed by atoms with van der Waals surface area (Å²) in [6.45, 7) is 8.94. The third kappa shape index (κ3) is 5.20. The molecule has 0 spiro atoms. The van der Waals surface area contributed by atoms with Crippen molar-refractivity contribution in [3.05, 3.63) is 11.6 Å². The molecule has 7 atom stereocenters. The minimum Gasteiger partial charge on any atom is -0.314 e. The number of oxime groups is 1. The summed E-state index contributed by atoms with van der Waals surface area (Å²) in [5.74, 6) is 2.86. The molecular weight excluding hydrogens is 498 g/mol. The van der Waals surface area contributed by atoms with Gasteiger partial charge in [0.1, 0.15) is 0 Å². The molecule has 6 aliphatic rings. The molecule has 5 fully saturated rings. The number of nitrogens with zero attached hydrogens (tertiary/aromatic N) is 2. The Kier molecular flexibility index (Phi) is 8.20. The number of allylic oxidation sites excluding steroid dienone is 1. The molecule has 0 aromatic heterocycles. The third-order valence-electron chi connectivity index (χ3n) is 12.9. The van der Waals surface area contributed by atoms with Crippen molar-refractivity contribution in [2.24, 2.45) is 39.7 Å². The second-order valence-corrected chi connectivity index (χ2v) is 14.8. The Bertz CT molecular complexity index is 1030. The monoisotopic (exact) mass is 551 g/mol. The van der Waals surface area contributed by atoms with E-state index < -0.39 is 0 Å². The first kappa shape index (κ1) is 28.4. The molecule has 1 heterocycles. The third-order valence-corrected chi connectivity index (χ3v) is 12.9. The highest BCUT2D eigenvalue weighted by Crippen LogP contribution is 2.66. The summed E-state index contributed by atoms with van der Waals surface area (Å²) in [6.07, 6.45) is 20.1. The number of ketones is 1. The zero-order valence-corrected chi connectivity index (χ0v) is 25.4. The smallest absolute Gasteiger partial charge is 0.314 e. The van der Waals surface area contributed by atoms with Crippen molar-refractivity contribution in [1.29, 1.82) is 0 Å². The lowest BCUT2D eigenvalue weighted by molar-refractivity contribution is -0.117. The van der Waals surface area contributed by atoms with Gasteiger partial charge in [-0.25, -0.2) is 4.79 Å². The van der Waals surface area contributed by atoms with E-state index in [1.54, 1.807) is 0 Å². The molecule has 0 aromatic carbocycles. The van der Waals surface area contributed by atoms with Crippen LogP contribution in [0.3, 0.4) is 0 Å². The predicted octanol–water partition coefficient (Wildman–Crippen LogP) is 7.42. The summed E-state index contributed by atoms with van der Waals surface area (Å²) in [7, 11) is 0. The van der Waals surface area contributed by atoms with Crippen molar-refractivity contribution in [2.45, 2.75) is 136 Å². The largest absolute Gasteiger partial charge is 0.436 e. The molecule has 6 nitrogen and oxygen atoms in total. The number of fused-ring (bicyclic) bond motifs is 5. The first-order valence-corrected chi connectivity index (χ1v) is 16.8. The molecule has 5 aliphatic carbocycles. The number of carbonyl (C=O) groups excluding carboxylic acids is 2. The van der Waals surface area contributed by atoms with Gasteiger partial charge in [-0.2, -0.15) is 0 Å². The highest BCUT2D eigenvalue weighted by Gasteiger charge is 2.59. The number of nitrogens with one attached hydrogen (secondary N) is 1. The summed E-state index contributed by atoms with van der Waals surface area (Å²) < 4.78 is 0. The standard InChI is InChI=1S/C34H53N3O3/c1-23(36-40-32(39)37(26-9-4-5-10-26)21-17-25-8-6-7-20-35-25)29-13-14-30-28-12-11-24-22-27(38)15-18-33(24,2)31(28)16-19-34(29,30)3/h22,25-26,28-31,35H,4-21H2,1-3H3/b36-23+/t25?,28-,29+,30-,31-,33-,34+/m0/s1. The fourth-order valence-electron chi connectivity index (χ4n) is 10.6. The maximum atomic E-state index is 13.4. The predicted molar refractivity (Wildman–Crippen MR) is 159 cm³/mol. The van der Waals surface area contributed by atoms with Gasteiger partial charge in [-0.05, 0) is 125 Å². The minimum absolute atomic E-state index is 0.214. The normalized spacial score (nSPS) is 40.2. The van der Waals surface area contributed by atoms with E-state index in [1.807, 2.05) is 11.0 Å². The van der Waals surface area contributed by atoms with E-state index in [0.717, 1.165) is 69.7 Å². The SMILES string of the molecule is C/C(=N\OC(=O)N(CCC1CCCCN1)C1CCCC1)[C@H]1CC[C@H]2[C@@H]3CCC4=CC(=O)CC[C@]4(C)[C@H]3CC[C@]12C. The second-order valence-electron chi connectivity index (χ2n) is 14.8. The van der Waals surface area contributed by atoms with Crippen LogP contribution in [0.15, 0.2) is 16.8 Å². The maximum Gasteiger partial charge on any atom is 0.436 e. The first-order valence-electron chi connectivity index (χ1n) is 16.8. The van der Waals surface area contributed by atoms with Gasteiger partial charge in [0.15, 0.2) is 5.78 Å². The van der Waals surface area contributed by atoms with Crippen molar-refractivity contribution < 1.29 is 14.4 Å². The Morgan fingerprint density at radius 1 is 1.00 bits per heavy atom. The lowest BCUT2D eigenvalue weighted by Gasteiger charge is -2.58. The molecule has 0 bridgehead atoms. The van der Waals surface area contributed by atoms with E-state index in [2.05, 4.69) is 31.2 Å². The molecule has 0 aromatic rings. The fourth-order valence-corrected chi connectivity index (χ4v) is 10.6. The Hall–Kier alpha value is -1.69. The van der Waals surface area contributed by atoms with Crippen LogP contribution < -0.4 is 5.32 Å². The van der Waals surface area contributed by atoms with E-state index in [9.17, 15) is 9.59 Å². The molecule has 1 aliphatic heterocycles. The van der Waals surface area contributed by atoms with Crippen molar-refractivity contribution in [3.63, 3.8) is 0 Å². The zero-order valence-electron chi connectivity index (χ0n) is 25.4. The highest BCUT2D eigenvalue weighted by molar-refractivity contribution is 5.91. The number of hydrogen-bond acceptors (Lipinski definition) is 5. The number of rotatable bonds is 6.